The number of aromatic nitrogens is 1. The van der Waals surface area contributed by atoms with Crippen LogP contribution in [0.1, 0.15) is 25.5 Å². The minimum absolute atomic E-state index is 0.314. The molecular weight excluding hydrogens is 176 g/mol. The molecule has 78 valence electrons. The van der Waals surface area contributed by atoms with Gasteiger partial charge >= 0.3 is 0 Å². The van der Waals surface area contributed by atoms with E-state index in [1.807, 2.05) is 12.3 Å². The van der Waals surface area contributed by atoms with E-state index in [-0.39, 0.29) is 0 Å². The first kappa shape index (κ1) is 11.1. The number of rotatable bonds is 5. The topological polar surface area (TPSA) is 34.1 Å². The Kier molecular flexibility index (Phi) is 4.56. The van der Waals surface area contributed by atoms with Crippen LogP contribution in [0.3, 0.4) is 0 Å². The molecule has 0 saturated heterocycles. The zero-order valence-electron chi connectivity index (χ0n) is 9.03. The number of hydrogen-bond donors (Lipinski definition) is 1. The number of methoxy groups -OCH3 is 1. The van der Waals surface area contributed by atoms with Gasteiger partial charge < -0.3 is 10.1 Å². The van der Waals surface area contributed by atoms with E-state index in [4.69, 9.17) is 4.74 Å². The van der Waals surface area contributed by atoms with Gasteiger partial charge in [0.2, 0.25) is 0 Å². The summed E-state index contributed by atoms with van der Waals surface area (Å²) in [5.41, 5.74) is 1.20. The lowest BCUT2D eigenvalue weighted by Gasteiger charge is -2.19. The van der Waals surface area contributed by atoms with Crippen molar-refractivity contribution < 1.29 is 4.74 Å². The lowest BCUT2D eigenvalue weighted by atomic mass is 10.1. The van der Waals surface area contributed by atoms with Crippen molar-refractivity contribution in [3.05, 3.63) is 30.1 Å². The first-order valence-electron chi connectivity index (χ1n) is 4.89. The molecule has 0 radical (unpaired) electrons. The summed E-state index contributed by atoms with van der Waals surface area (Å²) in [7, 11) is 1.72. The second-order valence-electron chi connectivity index (χ2n) is 3.53. The van der Waals surface area contributed by atoms with Crippen molar-refractivity contribution in [3.63, 3.8) is 0 Å². The third-order valence-electron chi connectivity index (χ3n) is 2.14. The molecule has 0 aromatic carbocycles. The molecule has 1 rings (SSSR count). The number of nitrogens with zero attached hydrogens (tertiary/aromatic N) is 1. The van der Waals surface area contributed by atoms with E-state index in [1.54, 1.807) is 13.3 Å². The number of pyridine rings is 1. The van der Waals surface area contributed by atoms with Crippen LogP contribution < -0.4 is 5.32 Å². The molecule has 1 heterocycles. The molecular formula is C11H18N2O. The van der Waals surface area contributed by atoms with E-state index in [2.05, 4.69) is 30.2 Å². The van der Waals surface area contributed by atoms with E-state index in [9.17, 15) is 0 Å². The molecule has 1 N–H and O–H groups in total. The smallest absolute Gasteiger partial charge is 0.0613 e. The Bertz CT molecular complexity index is 251. The monoisotopic (exact) mass is 194 g/mol. The first-order valence-corrected chi connectivity index (χ1v) is 4.89. The van der Waals surface area contributed by atoms with Crippen molar-refractivity contribution in [2.24, 2.45) is 0 Å². The molecule has 0 aliphatic carbocycles. The van der Waals surface area contributed by atoms with Gasteiger partial charge in [0.15, 0.2) is 0 Å². The molecule has 0 unspecified atom stereocenters. The highest BCUT2D eigenvalue weighted by Crippen LogP contribution is 2.10. The van der Waals surface area contributed by atoms with Gasteiger partial charge in [0.05, 0.1) is 6.61 Å². The molecule has 1 aromatic rings. The fraction of sp³-hybridized carbons (Fsp3) is 0.545. The molecule has 0 aliphatic rings. The maximum atomic E-state index is 5.06. The van der Waals surface area contributed by atoms with Crippen LogP contribution in [0.5, 0.6) is 0 Å². The van der Waals surface area contributed by atoms with E-state index >= 15 is 0 Å². The minimum atomic E-state index is 0.314. The molecule has 14 heavy (non-hydrogen) atoms. The highest BCUT2D eigenvalue weighted by molar-refractivity contribution is 5.12. The highest BCUT2D eigenvalue weighted by atomic mass is 16.5. The van der Waals surface area contributed by atoms with Gasteiger partial charge in [-0.2, -0.15) is 0 Å². The van der Waals surface area contributed by atoms with Crippen LogP contribution in [-0.2, 0) is 4.74 Å². The Morgan fingerprint density at radius 3 is 2.86 bits per heavy atom. The molecule has 0 spiro atoms. The summed E-state index contributed by atoms with van der Waals surface area (Å²) in [6.45, 7) is 4.96. The first-order chi connectivity index (χ1) is 6.74. The minimum Gasteiger partial charge on any atom is -0.383 e. The second kappa shape index (κ2) is 5.73. The van der Waals surface area contributed by atoms with Crippen molar-refractivity contribution in [2.75, 3.05) is 13.7 Å². The predicted molar refractivity (Wildman–Crippen MR) is 57.1 cm³/mol. The van der Waals surface area contributed by atoms with Crippen molar-refractivity contribution in [2.45, 2.75) is 25.9 Å². The van der Waals surface area contributed by atoms with Gasteiger partial charge in [0.25, 0.3) is 0 Å². The molecule has 0 saturated carbocycles. The molecule has 0 amide bonds. The number of hydrogen-bond acceptors (Lipinski definition) is 3. The molecule has 3 heteroatoms. The Labute approximate surface area is 85.5 Å². The molecule has 1 aromatic heterocycles. The van der Waals surface area contributed by atoms with Crippen molar-refractivity contribution in [1.82, 2.24) is 10.3 Å². The van der Waals surface area contributed by atoms with E-state index < -0.39 is 0 Å². The third-order valence-corrected chi connectivity index (χ3v) is 2.14. The summed E-state index contributed by atoms with van der Waals surface area (Å²) < 4.78 is 5.06. The third kappa shape index (κ3) is 3.44. The van der Waals surface area contributed by atoms with Crippen LogP contribution in [0.2, 0.25) is 0 Å². The lowest BCUT2D eigenvalue weighted by Crippen LogP contribution is -2.32. The average Bonchev–Trinajstić information content (AvgIpc) is 2.19. The fourth-order valence-corrected chi connectivity index (χ4v) is 1.45. The Balaban J connectivity index is 2.46. The highest BCUT2D eigenvalue weighted by Gasteiger charge is 2.08. The maximum absolute atomic E-state index is 5.06. The average molecular weight is 194 g/mol. The normalized spacial score (nSPS) is 15.1. The Morgan fingerprint density at radius 2 is 2.29 bits per heavy atom. The van der Waals surface area contributed by atoms with E-state index in [0.29, 0.717) is 12.1 Å². The van der Waals surface area contributed by atoms with Crippen LogP contribution in [0.25, 0.3) is 0 Å². The van der Waals surface area contributed by atoms with Crippen LogP contribution >= 0.6 is 0 Å². The fourth-order valence-electron chi connectivity index (χ4n) is 1.45. The van der Waals surface area contributed by atoms with E-state index in [0.717, 1.165) is 6.61 Å². The van der Waals surface area contributed by atoms with Crippen LogP contribution in [0.15, 0.2) is 24.5 Å². The Hall–Kier alpha value is -0.930. The van der Waals surface area contributed by atoms with Gasteiger partial charge in [0, 0.05) is 31.6 Å². The zero-order chi connectivity index (χ0) is 10.4. The lowest BCUT2D eigenvalue weighted by molar-refractivity contribution is 0.167. The van der Waals surface area contributed by atoms with Gasteiger partial charge in [-0.15, -0.1) is 0 Å². The van der Waals surface area contributed by atoms with Gasteiger partial charge in [-0.05, 0) is 25.5 Å². The summed E-state index contributed by atoms with van der Waals surface area (Å²) >= 11 is 0. The predicted octanol–water partition coefficient (Wildman–Crippen LogP) is 1.77. The van der Waals surface area contributed by atoms with Gasteiger partial charge in [-0.1, -0.05) is 6.07 Å². The standard InChI is InChI=1S/C11H18N2O/c1-9(8-14-3)13-10(2)11-5-4-6-12-7-11/h4-7,9-10,13H,8H2,1-3H3/t9-,10+/m0/s1. The van der Waals surface area contributed by atoms with Crippen molar-refractivity contribution in [3.8, 4) is 0 Å². The summed E-state index contributed by atoms with van der Waals surface area (Å²) in [6, 6.07) is 4.70. The molecule has 2 atom stereocenters. The maximum Gasteiger partial charge on any atom is 0.0613 e. The van der Waals surface area contributed by atoms with Crippen molar-refractivity contribution >= 4 is 0 Å². The number of ether oxygens (including phenoxy) is 1. The number of nitrogens with one attached hydrogen (secondary N) is 1. The van der Waals surface area contributed by atoms with E-state index in [1.165, 1.54) is 5.56 Å². The second-order valence-corrected chi connectivity index (χ2v) is 3.53. The van der Waals surface area contributed by atoms with Gasteiger partial charge in [0.1, 0.15) is 0 Å². The zero-order valence-corrected chi connectivity index (χ0v) is 9.03. The van der Waals surface area contributed by atoms with Gasteiger partial charge in [-0.25, -0.2) is 0 Å². The molecule has 0 fully saturated rings. The quantitative estimate of drug-likeness (QED) is 0.775. The van der Waals surface area contributed by atoms with Crippen LogP contribution in [0.4, 0.5) is 0 Å². The SMILES string of the molecule is COC[C@H](C)N[C@H](C)c1cccnc1. The molecule has 3 nitrogen and oxygen atoms in total. The van der Waals surface area contributed by atoms with Crippen LogP contribution in [-0.4, -0.2) is 24.7 Å². The molecule has 0 aliphatic heterocycles. The summed E-state index contributed by atoms with van der Waals surface area (Å²) in [6.07, 6.45) is 3.67. The Morgan fingerprint density at radius 1 is 1.50 bits per heavy atom. The van der Waals surface area contributed by atoms with Crippen LogP contribution in [0, 0.1) is 0 Å². The summed E-state index contributed by atoms with van der Waals surface area (Å²) in [5, 5.41) is 3.43. The summed E-state index contributed by atoms with van der Waals surface area (Å²) in [4.78, 5) is 4.09. The van der Waals surface area contributed by atoms with Crippen molar-refractivity contribution in [1.29, 1.82) is 0 Å². The van der Waals surface area contributed by atoms with Gasteiger partial charge in [-0.3, -0.25) is 4.98 Å². The summed E-state index contributed by atoms with van der Waals surface area (Å²) in [5.74, 6) is 0. The molecule has 0 bridgehead atoms. The largest absolute Gasteiger partial charge is 0.383 e.